The van der Waals surface area contributed by atoms with Crippen LogP contribution in [0.15, 0.2) is 0 Å². The van der Waals surface area contributed by atoms with E-state index in [4.69, 9.17) is 9.84 Å². The highest BCUT2D eigenvalue weighted by Gasteiger charge is 2.33. The van der Waals surface area contributed by atoms with Crippen molar-refractivity contribution in [3.8, 4) is 0 Å². The Morgan fingerprint density at radius 3 is 2.78 bits per heavy atom. The average molecular weight is 148 g/mol. The van der Waals surface area contributed by atoms with Crippen molar-refractivity contribution >= 4 is 11.8 Å². The minimum Gasteiger partial charge on any atom is -0.393 e. The second-order valence-corrected chi connectivity index (χ2v) is 3.45. The molecule has 1 heterocycles. The monoisotopic (exact) mass is 148 g/mol. The number of rotatable bonds is 2. The highest BCUT2D eigenvalue weighted by atomic mass is 32.2. The van der Waals surface area contributed by atoms with Crippen LogP contribution in [0.4, 0.5) is 0 Å². The fraction of sp³-hybridized carbons (Fsp3) is 1.00. The molecule has 1 aliphatic heterocycles. The van der Waals surface area contributed by atoms with Crippen LogP contribution in [-0.2, 0) is 4.74 Å². The molecule has 1 rings (SSSR count). The maximum Gasteiger partial charge on any atom is 0.101 e. The lowest BCUT2D eigenvalue weighted by Crippen LogP contribution is -2.35. The van der Waals surface area contributed by atoms with E-state index in [0.29, 0.717) is 0 Å². The highest BCUT2D eigenvalue weighted by Crippen LogP contribution is 2.29. The predicted octanol–water partition coefficient (Wildman–Crippen LogP) is 0.501. The number of thioether (sulfide) groups is 1. The van der Waals surface area contributed by atoms with E-state index in [1.165, 1.54) is 0 Å². The SMILES string of the molecule is COC1(CO)CCSC1. The molecule has 1 fully saturated rings. The Balaban J connectivity index is 2.45. The first kappa shape index (κ1) is 7.38. The molecule has 0 saturated carbocycles. The van der Waals surface area contributed by atoms with Crippen molar-refractivity contribution in [2.75, 3.05) is 25.2 Å². The van der Waals surface area contributed by atoms with Crippen molar-refractivity contribution in [1.29, 1.82) is 0 Å². The number of methoxy groups -OCH3 is 1. The van der Waals surface area contributed by atoms with Gasteiger partial charge in [0.15, 0.2) is 0 Å². The van der Waals surface area contributed by atoms with Gasteiger partial charge in [-0.15, -0.1) is 0 Å². The van der Waals surface area contributed by atoms with Crippen molar-refractivity contribution in [2.24, 2.45) is 0 Å². The van der Waals surface area contributed by atoms with E-state index >= 15 is 0 Å². The normalized spacial score (nSPS) is 35.3. The van der Waals surface area contributed by atoms with Gasteiger partial charge in [-0.05, 0) is 12.2 Å². The van der Waals surface area contributed by atoms with Gasteiger partial charge in [-0.3, -0.25) is 0 Å². The Kier molecular flexibility index (Phi) is 2.38. The van der Waals surface area contributed by atoms with Crippen LogP contribution in [0.2, 0.25) is 0 Å². The summed E-state index contributed by atoms with van der Waals surface area (Å²) in [5, 5.41) is 8.88. The molecule has 0 aromatic heterocycles. The van der Waals surface area contributed by atoms with Crippen LogP contribution in [0, 0.1) is 0 Å². The molecular formula is C6H12O2S. The van der Waals surface area contributed by atoms with Crippen LogP contribution in [0.3, 0.4) is 0 Å². The predicted molar refractivity (Wildman–Crippen MR) is 38.8 cm³/mol. The second kappa shape index (κ2) is 2.90. The van der Waals surface area contributed by atoms with E-state index in [1.807, 2.05) is 11.8 Å². The molecule has 1 atom stereocenters. The van der Waals surface area contributed by atoms with Gasteiger partial charge in [-0.1, -0.05) is 0 Å². The van der Waals surface area contributed by atoms with E-state index in [1.54, 1.807) is 7.11 Å². The zero-order valence-electron chi connectivity index (χ0n) is 5.59. The molecular weight excluding hydrogens is 136 g/mol. The lowest BCUT2D eigenvalue weighted by molar-refractivity contribution is -0.0309. The lowest BCUT2D eigenvalue weighted by atomic mass is 10.1. The van der Waals surface area contributed by atoms with Crippen LogP contribution in [0.5, 0.6) is 0 Å². The first-order chi connectivity index (χ1) is 4.33. The Hall–Kier alpha value is 0.270. The molecule has 1 N–H and O–H groups in total. The van der Waals surface area contributed by atoms with Crippen LogP contribution in [0.25, 0.3) is 0 Å². The van der Waals surface area contributed by atoms with E-state index in [0.717, 1.165) is 17.9 Å². The van der Waals surface area contributed by atoms with Crippen molar-refractivity contribution in [3.63, 3.8) is 0 Å². The summed E-state index contributed by atoms with van der Waals surface area (Å²) in [6.07, 6.45) is 0.991. The molecule has 1 saturated heterocycles. The molecule has 0 aliphatic carbocycles. The van der Waals surface area contributed by atoms with E-state index in [2.05, 4.69) is 0 Å². The van der Waals surface area contributed by atoms with Gasteiger partial charge in [0.1, 0.15) is 5.60 Å². The molecule has 1 aliphatic rings. The van der Waals surface area contributed by atoms with Gasteiger partial charge in [0, 0.05) is 12.9 Å². The number of hydrogen-bond donors (Lipinski definition) is 1. The molecule has 0 aromatic carbocycles. The summed E-state index contributed by atoms with van der Waals surface area (Å²) in [6, 6.07) is 0. The number of aliphatic hydroxyl groups excluding tert-OH is 1. The summed E-state index contributed by atoms with van der Waals surface area (Å²) in [7, 11) is 1.67. The van der Waals surface area contributed by atoms with Crippen molar-refractivity contribution < 1.29 is 9.84 Å². The fourth-order valence-corrected chi connectivity index (χ4v) is 2.32. The Labute approximate surface area is 59.6 Å². The quantitative estimate of drug-likeness (QED) is 0.618. The third-order valence-electron chi connectivity index (χ3n) is 1.79. The fourth-order valence-electron chi connectivity index (χ4n) is 0.939. The smallest absolute Gasteiger partial charge is 0.101 e. The third kappa shape index (κ3) is 1.39. The molecule has 0 spiro atoms. The Morgan fingerprint density at radius 2 is 2.56 bits per heavy atom. The maximum atomic E-state index is 8.88. The van der Waals surface area contributed by atoms with Gasteiger partial charge in [0.05, 0.1) is 6.61 Å². The summed E-state index contributed by atoms with van der Waals surface area (Å²) in [4.78, 5) is 0. The highest BCUT2D eigenvalue weighted by molar-refractivity contribution is 7.99. The molecule has 0 radical (unpaired) electrons. The lowest BCUT2D eigenvalue weighted by Gasteiger charge is -2.22. The average Bonchev–Trinajstić information content (AvgIpc) is 2.36. The number of ether oxygens (including phenoxy) is 1. The first-order valence-corrected chi connectivity index (χ1v) is 4.22. The van der Waals surface area contributed by atoms with Gasteiger partial charge in [0.2, 0.25) is 0 Å². The molecule has 1 unspecified atom stereocenters. The van der Waals surface area contributed by atoms with E-state index < -0.39 is 0 Å². The van der Waals surface area contributed by atoms with Gasteiger partial charge in [0.25, 0.3) is 0 Å². The zero-order valence-corrected chi connectivity index (χ0v) is 6.41. The summed E-state index contributed by atoms with van der Waals surface area (Å²) in [6.45, 7) is 0.163. The summed E-state index contributed by atoms with van der Waals surface area (Å²) in [5.74, 6) is 2.06. The van der Waals surface area contributed by atoms with Crippen LogP contribution in [-0.4, -0.2) is 35.9 Å². The molecule has 3 heteroatoms. The van der Waals surface area contributed by atoms with Gasteiger partial charge >= 0.3 is 0 Å². The molecule has 0 bridgehead atoms. The summed E-state index contributed by atoms with van der Waals surface area (Å²) >= 11 is 1.85. The number of hydrogen-bond acceptors (Lipinski definition) is 3. The molecule has 0 aromatic rings. The topological polar surface area (TPSA) is 29.5 Å². The van der Waals surface area contributed by atoms with E-state index in [-0.39, 0.29) is 12.2 Å². The van der Waals surface area contributed by atoms with Crippen molar-refractivity contribution in [3.05, 3.63) is 0 Å². The third-order valence-corrected chi connectivity index (χ3v) is 3.01. The molecule has 2 nitrogen and oxygen atoms in total. The van der Waals surface area contributed by atoms with Crippen molar-refractivity contribution in [1.82, 2.24) is 0 Å². The van der Waals surface area contributed by atoms with Crippen LogP contribution in [0.1, 0.15) is 6.42 Å². The second-order valence-electron chi connectivity index (χ2n) is 2.35. The Bertz CT molecular complexity index is 83.1. The molecule has 9 heavy (non-hydrogen) atoms. The largest absolute Gasteiger partial charge is 0.393 e. The van der Waals surface area contributed by atoms with Gasteiger partial charge < -0.3 is 9.84 Å². The van der Waals surface area contributed by atoms with Gasteiger partial charge in [-0.2, -0.15) is 11.8 Å². The van der Waals surface area contributed by atoms with Gasteiger partial charge in [-0.25, -0.2) is 0 Å². The zero-order chi connectivity index (χ0) is 6.74. The minimum atomic E-state index is -0.204. The molecule has 0 amide bonds. The minimum absolute atomic E-state index is 0.163. The standard InChI is InChI=1S/C6H12O2S/c1-8-6(4-7)2-3-9-5-6/h7H,2-5H2,1H3. The number of aliphatic hydroxyl groups is 1. The Morgan fingerprint density at radius 1 is 1.78 bits per heavy atom. The summed E-state index contributed by atoms with van der Waals surface area (Å²) in [5.41, 5.74) is -0.204. The van der Waals surface area contributed by atoms with Crippen molar-refractivity contribution in [2.45, 2.75) is 12.0 Å². The van der Waals surface area contributed by atoms with Crippen LogP contribution < -0.4 is 0 Å². The van der Waals surface area contributed by atoms with E-state index in [9.17, 15) is 0 Å². The first-order valence-electron chi connectivity index (χ1n) is 3.07. The summed E-state index contributed by atoms with van der Waals surface area (Å²) < 4.78 is 5.18. The maximum absolute atomic E-state index is 8.88. The molecule has 54 valence electrons. The van der Waals surface area contributed by atoms with Crippen LogP contribution >= 0.6 is 11.8 Å².